The minimum atomic E-state index is -0.0606. The van der Waals surface area contributed by atoms with E-state index in [1.807, 2.05) is 31.2 Å². The van der Waals surface area contributed by atoms with Crippen LogP contribution in [0, 0.1) is 0 Å². The van der Waals surface area contributed by atoms with E-state index in [-0.39, 0.29) is 5.78 Å². The molecule has 0 saturated carbocycles. The lowest BCUT2D eigenvalue weighted by Gasteiger charge is -2.08. The van der Waals surface area contributed by atoms with E-state index in [1.165, 1.54) is 0 Å². The van der Waals surface area contributed by atoms with E-state index in [9.17, 15) is 4.79 Å². The van der Waals surface area contributed by atoms with Gasteiger partial charge in [-0.25, -0.2) is 0 Å². The smallest absolute Gasteiger partial charge is 0.187 e. The third kappa shape index (κ3) is 5.46. The molecule has 0 amide bonds. The van der Waals surface area contributed by atoms with Gasteiger partial charge < -0.3 is 10.1 Å². The number of allylic oxidation sites excluding steroid dienone is 2. The van der Waals surface area contributed by atoms with Crippen LogP contribution < -0.4 is 10.1 Å². The summed E-state index contributed by atoms with van der Waals surface area (Å²) in [5.74, 6) is 0.783. The molecule has 0 radical (unpaired) electrons. The van der Waals surface area contributed by atoms with Crippen molar-refractivity contribution >= 4 is 23.1 Å². The molecule has 0 saturated heterocycles. The molecule has 3 nitrogen and oxygen atoms in total. The molecule has 0 unspecified atom stereocenters. The molecular formula is C19H20ClNO2. The number of hydrogen-bond donors (Lipinski definition) is 1. The summed E-state index contributed by atoms with van der Waals surface area (Å²) < 4.78 is 5.54. The monoisotopic (exact) mass is 329 g/mol. The third-order valence-electron chi connectivity index (χ3n) is 3.15. The predicted octanol–water partition coefficient (Wildman–Crippen LogP) is 5.33. The van der Waals surface area contributed by atoms with Gasteiger partial charge in [0.15, 0.2) is 5.78 Å². The molecule has 0 spiro atoms. The molecule has 2 rings (SSSR count). The van der Waals surface area contributed by atoms with Crippen LogP contribution in [0.2, 0.25) is 5.02 Å². The summed E-state index contributed by atoms with van der Waals surface area (Å²) in [5.41, 5.74) is 2.29. The van der Waals surface area contributed by atoms with E-state index in [0.717, 1.165) is 23.6 Å². The second-order valence-corrected chi connectivity index (χ2v) is 5.63. The van der Waals surface area contributed by atoms with Crippen molar-refractivity contribution in [3.8, 4) is 5.75 Å². The first kappa shape index (κ1) is 17.1. The number of carbonyl (C=O) groups is 1. The quantitative estimate of drug-likeness (QED) is 0.551. The zero-order chi connectivity index (χ0) is 16.7. The van der Waals surface area contributed by atoms with Gasteiger partial charge in [-0.05, 0) is 61.9 Å². The first-order valence-corrected chi connectivity index (χ1v) is 7.94. The highest BCUT2D eigenvalue weighted by Gasteiger charge is 2.03. The molecule has 0 heterocycles. The Labute approximate surface area is 141 Å². The van der Waals surface area contributed by atoms with Gasteiger partial charge in [0.05, 0.1) is 6.61 Å². The SMILES string of the molecule is CCCOc1ccc(N/C(C)=C/C(=O)c2ccc(Cl)cc2)cc1. The van der Waals surface area contributed by atoms with E-state index in [4.69, 9.17) is 16.3 Å². The highest BCUT2D eigenvalue weighted by molar-refractivity contribution is 6.30. The molecule has 0 atom stereocenters. The molecule has 0 fully saturated rings. The largest absolute Gasteiger partial charge is 0.494 e. The van der Waals surface area contributed by atoms with Crippen LogP contribution in [-0.4, -0.2) is 12.4 Å². The van der Waals surface area contributed by atoms with Crippen LogP contribution in [0.25, 0.3) is 0 Å². The van der Waals surface area contributed by atoms with Gasteiger partial charge in [-0.15, -0.1) is 0 Å². The molecule has 0 aliphatic rings. The van der Waals surface area contributed by atoms with Crippen molar-refractivity contribution in [3.63, 3.8) is 0 Å². The molecule has 23 heavy (non-hydrogen) atoms. The van der Waals surface area contributed by atoms with Crippen LogP contribution in [0.5, 0.6) is 5.75 Å². The van der Waals surface area contributed by atoms with Gasteiger partial charge in [-0.1, -0.05) is 18.5 Å². The highest BCUT2D eigenvalue weighted by atomic mass is 35.5. The van der Waals surface area contributed by atoms with Crippen molar-refractivity contribution in [3.05, 3.63) is 70.9 Å². The Morgan fingerprint density at radius 1 is 1.13 bits per heavy atom. The fraction of sp³-hybridized carbons (Fsp3) is 0.211. The van der Waals surface area contributed by atoms with Crippen molar-refractivity contribution in [1.82, 2.24) is 0 Å². The van der Waals surface area contributed by atoms with E-state index in [2.05, 4.69) is 12.2 Å². The number of ether oxygens (including phenoxy) is 1. The lowest BCUT2D eigenvalue weighted by atomic mass is 10.1. The van der Waals surface area contributed by atoms with E-state index in [1.54, 1.807) is 30.3 Å². The van der Waals surface area contributed by atoms with E-state index < -0.39 is 0 Å². The molecule has 2 aromatic carbocycles. The average molecular weight is 330 g/mol. The number of hydrogen-bond acceptors (Lipinski definition) is 3. The maximum Gasteiger partial charge on any atom is 0.187 e. The maximum atomic E-state index is 12.1. The lowest BCUT2D eigenvalue weighted by molar-refractivity contribution is 0.104. The summed E-state index contributed by atoms with van der Waals surface area (Å²) in [4.78, 5) is 12.1. The first-order chi connectivity index (χ1) is 11.1. The standard InChI is InChI=1S/C19H20ClNO2/c1-3-12-23-18-10-8-17(9-11-18)21-14(2)13-19(22)15-4-6-16(20)7-5-15/h4-11,13,21H,3,12H2,1-2H3/b14-13+. The Morgan fingerprint density at radius 3 is 2.39 bits per heavy atom. The number of ketones is 1. The molecule has 2 aromatic rings. The van der Waals surface area contributed by atoms with Crippen molar-refractivity contribution in [2.24, 2.45) is 0 Å². The van der Waals surface area contributed by atoms with Crippen molar-refractivity contribution < 1.29 is 9.53 Å². The average Bonchev–Trinajstić information content (AvgIpc) is 2.54. The van der Waals surface area contributed by atoms with Gasteiger partial charge in [0.1, 0.15) is 5.75 Å². The second-order valence-electron chi connectivity index (χ2n) is 5.20. The Balaban J connectivity index is 1.98. The lowest BCUT2D eigenvalue weighted by Crippen LogP contribution is -2.01. The fourth-order valence-electron chi connectivity index (χ4n) is 2.01. The number of benzene rings is 2. The van der Waals surface area contributed by atoms with Crippen LogP contribution in [0.3, 0.4) is 0 Å². The van der Waals surface area contributed by atoms with Crippen molar-refractivity contribution in [2.45, 2.75) is 20.3 Å². The zero-order valence-corrected chi connectivity index (χ0v) is 14.1. The minimum absolute atomic E-state index is 0.0606. The van der Waals surface area contributed by atoms with Crippen LogP contribution in [0.4, 0.5) is 5.69 Å². The summed E-state index contributed by atoms with van der Waals surface area (Å²) in [6.07, 6.45) is 2.55. The summed E-state index contributed by atoms with van der Waals surface area (Å²) in [6.45, 7) is 4.64. The van der Waals surface area contributed by atoms with Gasteiger partial charge in [-0.3, -0.25) is 4.79 Å². The number of nitrogens with one attached hydrogen (secondary N) is 1. The zero-order valence-electron chi connectivity index (χ0n) is 13.3. The Kier molecular flexibility index (Phi) is 6.24. The van der Waals surface area contributed by atoms with Crippen LogP contribution >= 0.6 is 11.6 Å². The second kappa shape index (κ2) is 8.39. The molecule has 120 valence electrons. The van der Waals surface area contributed by atoms with Gasteiger partial charge in [0.25, 0.3) is 0 Å². The molecule has 0 aromatic heterocycles. The van der Waals surface area contributed by atoms with Gasteiger partial charge >= 0.3 is 0 Å². The van der Waals surface area contributed by atoms with Gasteiger partial charge in [-0.2, -0.15) is 0 Å². The maximum absolute atomic E-state index is 12.1. The minimum Gasteiger partial charge on any atom is -0.494 e. The molecule has 4 heteroatoms. The van der Waals surface area contributed by atoms with E-state index >= 15 is 0 Å². The molecule has 0 aliphatic carbocycles. The molecular weight excluding hydrogens is 310 g/mol. The Hall–Kier alpha value is -2.26. The van der Waals surface area contributed by atoms with Crippen molar-refractivity contribution in [2.75, 3.05) is 11.9 Å². The normalized spacial score (nSPS) is 11.2. The Bertz CT molecular complexity index is 676. The number of rotatable bonds is 7. The summed E-state index contributed by atoms with van der Waals surface area (Å²) in [6, 6.07) is 14.5. The van der Waals surface area contributed by atoms with Gasteiger partial charge in [0, 0.05) is 28.0 Å². The van der Waals surface area contributed by atoms with Crippen LogP contribution in [0.15, 0.2) is 60.3 Å². The summed E-state index contributed by atoms with van der Waals surface area (Å²) in [5, 5.41) is 3.81. The van der Waals surface area contributed by atoms with Crippen molar-refractivity contribution in [1.29, 1.82) is 0 Å². The number of anilines is 1. The molecule has 0 bridgehead atoms. The molecule has 1 N–H and O–H groups in total. The number of carbonyl (C=O) groups excluding carboxylic acids is 1. The Morgan fingerprint density at radius 2 is 1.78 bits per heavy atom. The van der Waals surface area contributed by atoms with Crippen LogP contribution in [-0.2, 0) is 0 Å². The highest BCUT2D eigenvalue weighted by Crippen LogP contribution is 2.17. The predicted molar refractivity (Wildman–Crippen MR) is 95.4 cm³/mol. The summed E-state index contributed by atoms with van der Waals surface area (Å²) in [7, 11) is 0. The van der Waals surface area contributed by atoms with E-state index in [0.29, 0.717) is 17.2 Å². The van der Waals surface area contributed by atoms with Crippen LogP contribution in [0.1, 0.15) is 30.6 Å². The summed E-state index contributed by atoms with van der Waals surface area (Å²) >= 11 is 5.82. The topological polar surface area (TPSA) is 38.3 Å². The molecule has 0 aliphatic heterocycles. The van der Waals surface area contributed by atoms with Gasteiger partial charge in [0.2, 0.25) is 0 Å². The first-order valence-electron chi connectivity index (χ1n) is 7.56. The fourth-order valence-corrected chi connectivity index (χ4v) is 2.14. The number of halogens is 1. The third-order valence-corrected chi connectivity index (χ3v) is 3.40.